The summed E-state index contributed by atoms with van der Waals surface area (Å²) in [5, 5.41) is 10.7. The molecule has 1 aromatic carbocycles. The van der Waals surface area contributed by atoms with Gasteiger partial charge in [-0.2, -0.15) is 0 Å². The Kier molecular flexibility index (Phi) is 4.97. The van der Waals surface area contributed by atoms with Crippen LogP contribution in [0.15, 0.2) is 24.3 Å². The molecular weight excluding hydrogens is 312 g/mol. The molecule has 25 heavy (non-hydrogen) atoms. The highest BCUT2D eigenvalue weighted by atomic mass is 16.3. The van der Waals surface area contributed by atoms with E-state index in [4.69, 9.17) is 9.97 Å². The lowest BCUT2D eigenvalue weighted by molar-refractivity contribution is 0.119. The van der Waals surface area contributed by atoms with Gasteiger partial charge in [-0.25, -0.2) is 9.97 Å². The fourth-order valence-electron chi connectivity index (χ4n) is 4.47. The van der Waals surface area contributed by atoms with Crippen molar-refractivity contribution in [2.24, 2.45) is 0 Å². The number of rotatable bonds is 5. The molecule has 2 aliphatic heterocycles. The molecular formula is C20H28N4O. The monoisotopic (exact) mass is 340 g/mol. The van der Waals surface area contributed by atoms with Crippen molar-refractivity contribution in [2.75, 3.05) is 26.2 Å². The minimum absolute atomic E-state index is 0.291. The van der Waals surface area contributed by atoms with Crippen LogP contribution < -0.4 is 0 Å². The van der Waals surface area contributed by atoms with Crippen molar-refractivity contribution in [3.63, 3.8) is 0 Å². The molecule has 0 amide bonds. The van der Waals surface area contributed by atoms with Gasteiger partial charge in [0.2, 0.25) is 0 Å². The van der Waals surface area contributed by atoms with E-state index < -0.39 is 0 Å². The summed E-state index contributed by atoms with van der Waals surface area (Å²) in [5.74, 6) is 0.934. The molecule has 0 aliphatic carbocycles. The van der Waals surface area contributed by atoms with Crippen molar-refractivity contribution >= 4 is 10.9 Å². The predicted octanol–water partition coefficient (Wildman–Crippen LogP) is 2.36. The van der Waals surface area contributed by atoms with E-state index in [-0.39, 0.29) is 0 Å². The number of hydrogen-bond acceptors (Lipinski definition) is 5. The summed E-state index contributed by atoms with van der Waals surface area (Å²) in [5.41, 5.74) is 2.11. The molecule has 0 spiro atoms. The molecule has 2 fully saturated rings. The molecule has 2 unspecified atom stereocenters. The smallest absolute Gasteiger partial charge is 0.143 e. The number of nitrogens with zero attached hydrogens (tertiary/aromatic N) is 4. The number of hydrogen-bond donors (Lipinski definition) is 1. The SMILES string of the molecule is Cc1nc(CN2CCCC2CN2CCCC2CO)nc2ccccc12. The summed E-state index contributed by atoms with van der Waals surface area (Å²) >= 11 is 0. The third kappa shape index (κ3) is 3.54. The van der Waals surface area contributed by atoms with Crippen LogP contribution in [0, 0.1) is 6.92 Å². The number of para-hydroxylation sites is 1. The van der Waals surface area contributed by atoms with Gasteiger partial charge in [-0.3, -0.25) is 9.80 Å². The fourth-order valence-corrected chi connectivity index (χ4v) is 4.47. The van der Waals surface area contributed by atoms with Gasteiger partial charge in [0, 0.05) is 29.7 Å². The summed E-state index contributed by atoms with van der Waals surface area (Å²) in [6, 6.07) is 9.17. The van der Waals surface area contributed by atoms with Gasteiger partial charge >= 0.3 is 0 Å². The quantitative estimate of drug-likeness (QED) is 0.905. The van der Waals surface area contributed by atoms with Crippen LogP contribution in [0.5, 0.6) is 0 Å². The summed E-state index contributed by atoms with van der Waals surface area (Å²) < 4.78 is 0. The molecule has 2 aliphatic rings. The second-order valence-corrected chi connectivity index (χ2v) is 7.48. The fraction of sp³-hybridized carbons (Fsp3) is 0.600. The highest BCUT2D eigenvalue weighted by Gasteiger charge is 2.31. The minimum atomic E-state index is 0.291. The van der Waals surface area contributed by atoms with Crippen LogP contribution in [0.25, 0.3) is 10.9 Å². The Bertz CT molecular complexity index is 735. The Morgan fingerprint density at radius 1 is 1.04 bits per heavy atom. The second kappa shape index (κ2) is 7.36. The molecule has 0 radical (unpaired) electrons. The van der Waals surface area contributed by atoms with E-state index in [1.807, 2.05) is 12.1 Å². The zero-order chi connectivity index (χ0) is 17.2. The normalized spacial score (nSPS) is 25.2. The standard InChI is InChI=1S/C20H28N4O/c1-15-18-8-2-3-9-19(18)22-20(21-15)13-24-11-4-6-16(24)12-23-10-5-7-17(23)14-25/h2-3,8-9,16-17,25H,4-7,10-14H2,1H3. The van der Waals surface area contributed by atoms with Crippen molar-refractivity contribution in [1.29, 1.82) is 0 Å². The van der Waals surface area contributed by atoms with Crippen LogP contribution in [0.2, 0.25) is 0 Å². The van der Waals surface area contributed by atoms with Gasteiger partial charge in [-0.15, -0.1) is 0 Å². The van der Waals surface area contributed by atoms with E-state index >= 15 is 0 Å². The Labute approximate surface area is 149 Å². The van der Waals surface area contributed by atoms with E-state index in [1.165, 1.54) is 19.3 Å². The van der Waals surface area contributed by atoms with Gasteiger partial charge in [-0.05, 0) is 51.8 Å². The lowest BCUT2D eigenvalue weighted by atomic mass is 10.1. The van der Waals surface area contributed by atoms with Crippen molar-refractivity contribution in [1.82, 2.24) is 19.8 Å². The van der Waals surface area contributed by atoms with Gasteiger partial charge in [0.05, 0.1) is 18.7 Å². The Morgan fingerprint density at radius 3 is 2.64 bits per heavy atom. The van der Waals surface area contributed by atoms with Crippen LogP contribution in [-0.2, 0) is 6.54 Å². The average molecular weight is 340 g/mol. The Morgan fingerprint density at radius 2 is 1.80 bits per heavy atom. The second-order valence-electron chi connectivity index (χ2n) is 7.48. The van der Waals surface area contributed by atoms with E-state index in [0.29, 0.717) is 18.7 Å². The first-order valence-electron chi connectivity index (χ1n) is 9.56. The summed E-state index contributed by atoms with van der Waals surface area (Å²) in [4.78, 5) is 14.6. The van der Waals surface area contributed by atoms with Gasteiger partial charge in [0.15, 0.2) is 0 Å². The molecule has 2 aromatic rings. The molecule has 3 heterocycles. The maximum absolute atomic E-state index is 9.57. The Balaban J connectivity index is 1.48. The highest BCUT2D eigenvalue weighted by Crippen LogP contribution is 2.25. The van der Waals surface area contributed by atoms with E-state index in [0.717, 1.165) is 55.0 Å². The number of aliphatic hydroxyl groups is 1. The molecule has 134 valence electrons. The summed E-state index contributed by atoms with van der Waals surface area (Å²) in [6.45, 7) is 6.51. The van der Waals surface area contributed by atoms with Crippen molar-refractivity contribution in [3.05, 3.63) is 35.8 Å². The maximum atomic E-state index is 9.57. The lowest BCUT2D eigenvalue weighted by Gasteiger charge is -2.31. The van der Waals surface area contributed by atoms with Gasteiger partial charge in [-0.1, -0.05) is 18.2 Å². The number of likely N-dealkylation sites (tertiary alicyclic amines) is 2. The molecule has 1 aromatic heterocycles. The van der Waals surface area contributed by atoms with Gasteiger partial charge in [0.25, 0.3) is 0 Å². The molecule has 0 saturated carbocycles. The molecule has 5 heteroatoms. The molecule has 0 bridgehead atoms. The first-order chi connectivity index (χ1) is 12.2. The highest BCUT2D eigenvalue weighted by molar-refractivity contribution is 5.80. The average Bonchev–Trinajstić information content (AvgIpc) is 3.25. The van der Waals surface area contributed by atoms with Crippen molar-refractivity contribution in [2.45, 2.75) is 51.2 Å². The largest absolute Gasteiger partial charge is 0.395 e. The van der Waals surface area contributed by atoms with Gasteiger partial charge in [0.1, 0.15) is 5.82 Å². The number of aromatic nitrogens is 2. The van der Waals surface area contributed by atoms with E-state index in [9.17, 15) is 5.11 Å². The van der Waals surface area contributed by atoms with Crippen LogP contribution in [0.4, 0.5) is 0 Å². The van der Waals surface area contributed by atoms with Gasteiger partial charge < -0.3 is 5.11 Å². The van der Waals surface area contributed by atoms with Crippen LogP contribution in [-0.4, -0.2) is 63.2 Å². The van der Waals surface area contributed by atoms with Crippen LogP contribution >= 0.6 is 0 Å². The van der Waals surface area contributed by atoms with E-state index in [1.54, 1.807) is 0 Å². The Hall–Kier alpha value is -1.56. The minimum Gasteiger partial charge on any atom is -0.395 e. The van der Waals surface area contributed by atoms with Crippen LogP contribution in [0.3, 0.4) is 0 Å². The van der Waals surface area contributed by atoms with Crippen LogP contribution in [0.1, 0.15) is 37.2 Å². The first-order valence-corrected chi connectivity index (χ1v) is 9.56. The topological polar surface area (TPSA) is 52.5 Å². The third-order valence-electron chi connectivity index (χ3n) is 5.84. The third-order valence-corrected chi connectivity index (χ3v) is 5.84. The molecule has 2 atom stereocenters. The van der Waals surface area contributed by atoms with E-state index in [2.05, 4.69) is 28.9 Å². The number of fused-ring (bicyclic) bond motifs is 1. The number of aliphatic hydroxyl groups excluding tert-OH is 1. The molecule has 1 N–H and O–H groups in total. The summed E-state index contributed by atoms with van der Waals surface area (Å²) in [7, 11) is 0. The lowest BCUT2D eigenvalue weighted by Crippen LogP contribution is -2.43. The molecule has 4 rings (SSSR count). The maximum Gasteiger partial charge on any atom is 0.143 e. The molecule has 2 saturated heterocycles. The van der Waals surface area contributed by atoms with Crippen molar-refractivity contribution < 1.29 is 5.11 Å². The summed E-state index contributed by atoms with van der Waals surface area (Å²) in [6.07, 6.45) is 4.83. The molecule has 5 nitrogen and oxygen atoms in total. The first kappa shape index (κ1) is 16.9. The van der Waals surface area contributed by atoms with Crippen molar-refractivity contribution in [3.8, 4) is 0 Å². The predicted molar refractivity (Wildman–Crippen MR) is 99.4 cm³/mol. The zero-order valence-corrected chi connectivity index (χ0v) is 15.1. The number of benzene rings is 1. The zero-order valence-electron chi connectivity index (χ0n) is 15.1. The number of aryl methyl sites for hydroxylation is 1.